The molecule has 0 radical (unpaired) electrons. The van der Waals surface area contributed by atoms with Gasteiger partial charge in [0.05, 0.1) is 13.2 Å². The minimum absolute atomic E-state index is 0.0932. The predicted molar refractivity (Wildman–Crippen MR) is 59.4 cm³/mol. The van der Waals surface area contributed by atoms with E-state index >= 15 is 0 Å². The quantitative estimate of drug-likeness (QED) is 0.719. The van der Waals surface area contributed by atoms with Crippen LogP contribution in [0.1, 0.15) is 33.1 Å². The SMILES string of the molecule is CCCCO[C@@]1(CC)CO[C@@H]2[C@H](O)CO[C@@H]21. The first-order valence-corrected chi connectivity index (χ1v) is 6.28. The van der Waals surface area contributed by atoms with Gasteiger partial charge in [-0.1, -0.05) is 20.3 Å². The maximum absolute atomic E-state index is 9.69. The topological polar surface area (TPSA) is 47.9 Å². The van der Waals surface area contributed by atoms with Crippen LogP contribution in [-0.2, 0) is 14.2 Å². The lowest BCUT2D eigenvalue weighted by Gasteiger charge is -2.31. The average molecular weight is 230 g/mol. The molecule has 2 aliphatic rings. The number of aliphatic hydroxyl groups is 1. The molecule has 0 aromatic rings. The van der Waals surface area contributed by atoms with Gasteiger partial charge in [-0.05, 0) is 12.8 Å². The lowest BCUT2D eigenvalue weighted by atomic mass is 9.93. The van der Waals surface area contributed by atoms with Crippen molar-refractivity contribution in [2.45, 2.75) is 57.0 Å². The van der Waals surface area contributed by atoms with Gasteiger partial charge in [-0.25, -0.2) is 0 Å². The van der Waals surface area contributed by atoms with Crippen molar-refractivity contribution in [1.29, 1.82) is 0 Å². The summed E-state index contributed by atoms with van der Waals surface area (Å²) in [5, 5.41) is 9.69. The van der Waals surface area contributed by atoms with Crippen molar-refractivity contribution >= 4 is 0 Å². The van der Waals surface area contributed by atoms with Gasteiger partial charge in [0.1, 0.15) is 23.9 Å². The summed E-state index contributed by atoms with van der Waals surface area (Å²) in [6.45, 7) is 5.89. The van der Waals surface area contributed by atoms with E-state index in [0.717, 1.165) is 25.9 Å². The lowest BCUT2D eigenvalue weighted by Crippen LogP contribution is -2.46. The van der Waals surface area contributed by atoms with Gasteiger partial charge in [0.15, 0.2) is 0 Å². The largest absolute Gasteiger partial charge is 0.388 e. The van der Waals surface area contributed by atoms with E-state index in [4.69, 9.17) is 14.2 Å². The first-order valence-electron chi connectivity index (χ1n) is 6.28. The van der Waals surface area contributed by atoms with E-state index in [2.05, 4.69) is 13.8 Å². The van der Waals surface area contributed by atoms with Gasteiger partial charge in [-0.15, -0.1) is 0 Å². The van der Waals surface area contributed by atoms with Gasteiger partial charge in [-0.3, -0.25) is 0 Å². The Balaban J connectivity index is 1.99. The van der Waals surface area contributed by atoms with Gasteiger partial charge in [0.25, 0.3) is 0 Å². The molecule has 16 heavy (non-hydrogen) atoms. The summed E-state index contributed by atoms with van der Waals surface area (Å²) in [6, 6.07) is 0. The summed E-state index contributed by atoms with van der Waals surface area (Å²) < 4.78 is 17.2. The number of rotatable bonds is 5. The van der Waals surface area contributed by atoms with E-state index < -0.39 is 6.10 Å². The summed E-state index contributed by atoms with van der Waals surface area (Å²) >= 11 is 0. The zero-order valence-electron chi connectivity index (χ0n) is 10.1. The van der Waals surface area contributed by atoms with Crippen molar-refractivity contribution in [3.63, 3.8) is 0 Å². The molecule has 0 aliphatic carbocycles. The number of unbranched alkanes of at least 4 members (excludes halogenated alkanes) is 1. The van der Waals surface area contributed by atoms with E-state index in [1.807, 2.05) is 0 Å². The molecular weight excluding hydrogens is 208 g/mol. The van der Waals surface area contributed by atoms with E-state index in [-0.39, 0.29) is 17.8 Å². The Morgan fingerprint density at radius 2 is 2.19 bits per heavy atom. The Morgan fingerprint density at radius 1 is 1.38 bits per heavy atom. The summed E-state index contributed by atoms with van der Waals surface area (Å²) in [6.07, 6.45) is 2.27. The van der Waals surface area contributed by atoms with Crippen LogP contribution in [0.3, 0.4) is 0 Å². The highest BCUT2D eigenvalue weighted by atomic mass is 16.6. The van der Waals surface area contributed by atoms with Crippen LogP contribution in [-0.4, -0.2) is 48.8 Å². The minimum atomic E-state index is -0.492. The Morgan fingerprint density at radius 3 is 2.88 bits per heavy atom. The Bertz CT molecular complexity index is 233. The van der Waals surface area contributed by atoms with Crippen molar-refractivity contribution in [2.24, 2.45) is 0 Å². The molecule has 0 aromatic carbocycles. The van der Waals surface area contributed by atoms with Crippen LogP contribution >= 0.6 is 0 Å². The third-order valence-corrected chi connectivity index (χ3v) is 3.65. The number of aliphatic hydroxyl groups excluding tert-OH is 1. The molecule has 2 heterocycles. The first-order chi connectivity index (χ1) is 7.73. The molecule has 0 unspecified atom stereocenters. The molecular formula is C12H22O4. The average Bonchev–Trinajstić information content (AvgIpc) is 2.83. The molecule has 4 atom stereocenters. The first kappa shape index (κ1) is 12.3. The van der Waals surface area contributed by atoms with E-state index in [1.165, 1.54) is 0 Å². The molecule has 0 spiro atoms. The fourth-order valence-electron chi connectivity index (χ4n) is 2.51. The predicted octanol–water partition coefficient (Wildman–Crippen LogP) is 1.11. The molecule has 0 amide bonds. The zero-order valence-corrected chi connectivity index (χ0v) is 10.1. The van der Waals surface area contributed by atoms with Crippen molar-refractivity contribution in [1.82, 2.24) is 0 Å². The van der Waals surface area contributed by atoms with Gasteiger partial charge in [0, 0.05) is 6.61 Å². The second kappa shape index (κ2) is 5.00. The van der Waals surface area contributed by atoms with Gasteiger partial charge >= 0.3 is 0 Å². The van der Waals surface area contributed by atoms with Crippen molar-refractivity contribution in [3.05, 3.63) is 0 Å². The Hall–Kier alpha value is -0.160. The highest BCUT2D eigenvalue weighted by Crippen LogP contribution is 2.38. The van der Waals surface area contributed by atoms with E-state index in [1.54, 1.807) is 0 Å². The summed E-state index contributed by atoms with van der Waals surface area (Å²) in [5.74, 6) is 0. The highest BCUT2D eigenvalue weighted by molar-refractivity contribution is 5.04. The molecule has 2 saturated heterocycles. The molecule has 94 valence electrons. The normalized spacial score (nSPS) is 42.6. The monoisotopic (exact) mass is 230 g/mol. The van der Waals surface area contributed by atoms with E-state index in [0.29, 0.717) is 13.2 Å². The molecule has 2 fully saturated rings. The fraction of sp³-hybridized carbons (Fsp3) is 1.00. The molecule has 0 aromatic heterocycles. The van der Waals surface area contributed by atoms with E-state index in [9.17, 15) is 5.11 Å². The van der Waals surface area contributed by atoms with Crippen molar-refractivity contribution in [2.75, 3.05) is 19.8 Å². The maximum Gasteiger partial charge on any atom is 0.120 e. The summed E-state index contributed by atoms with van der Waals surface area (Å²) in [4.78, 5) is 0. The third-order valence-electron chi connectivity index (χ3n) is 3.65. The molecule has 0 bridgehead atoms. The van der Waals surface area contributed by atoms with Crippen LogP contribution in [0.4, 0.5) is 0 Å². The van der Waals surface area contributed by atoms with Crippen molar-refractivity contribution < 1.29 is 19.3 Å². The van der Waals surface area contributed by atoms with Crippen LogP contribution in [0.15, 0.2) is 0 Å². The maximum atomic E-state index is 9.69. The summed E-state index contributed by atoms with van der Waals surface area (Å²) in [5.41, 5.74) is -0.336. The van der Waals surface area contributed by atoms with Gasteiger partial charge in [-0.2, -0.15) is 0 Å². The standard InChI is InChI=1S/C12H22O4/c1-3-5-6-16-12(4-2)8-15-10-9(13)7-14-11(10)12/h9-11,13H,3-8H2,1-2H3/t9-,10-,11+,12+/m1/s1. The smallest absolute Gasteiger partial charge is 0.120 e. The van der Waals surface area contributed by atoms with Gasteiger partial charge in [0.2, 0.25) is 0 Å². The lowest BCUT2D eigenvalue weighted by molar-refractivity contribution is -0.118. The van der Waals surface area contributed by atoms with Crippen LogP contribution in [0.25, 0.3) is 0 Å². The minimum Gasteiger partial charge on any atom is -0.388 e. The van der Waals surface area contributed by atoms with Gasteiger partial charge < -0.3 is 19.3 Å². The number of fused-ring (bicyclic) bond motifs is 1. The molecule has 4 nitrogen and oxygen atoms in total. The number of ether oxygens (including phenoxy) is 3. The van der Waals surface area contributed by atoms with Crippen LogP contribution in [0.5, 0.6) is 0 Å². The van der Waals surface area contributed by atoms with Crippen LogP contribution in [0, 0.1) is 0 Å². The summed E-state index contributed by atoms with van der Waals surface area (Å²) in [7, 11) is 0. The Kier molecular flexibility index (Phi) is 3.85. The molecule has 4 heteroatoms. The van der Waals surface area contributed by atoms with Crippen LogP contribution < -0.4 is 0 Å². The zero-order chi connectivity index (χ0) is 11.6. The number of hydrogen-bond acceptors (Lipinski definition) is 4. The van der Waals surface area contributed by atoms with Crippen LogP contribution in [0.2, 0.25) is 0 Å². The highest BCUT2D eigenvalue weighted by Gasteiger charge is 2.56. The Labute approximate surface area is 96.9 Å². The molecule has 2 aliphatic heterocycles. The fourth-order valence-corrected chi connectivity index (χ4v) is 2.51. The second-order valence-corrected chi connectivity index (χ2v) is 4.72. The molecule has 1 N–H and O–H groups in total. The third kappa shape index (κ3) is 1.99. The molecule has 0 saturated carbocycles. The number of hydrogen-bond donors (Lipinski definition) is 1. The van der Waals surface area contributed by atoms with Crippen molar-refractivity contribution in [3.8, 4) is 0 Å². The second-order valence-electron chi connectivity index (χ2n) is 4.72. The molecule has 2 rings (SSSR count).